The maximum absolute atomic E-state index is 6.07. The molecule has 2 aliphatic rings. The fraction of sp³-hybridized carbons (Fsp3) is 0.857. The van der Waals surface area contributed by atoms with Gasteiger partial charge in [0.1, 0.15) is 0 Å². The first kappa shape index (κ1) is 13.0. The molecule has 0 spiro atoms. The molecule has 17 heavy (non-hydrogen) atoms. The highest BCUT2D eigenvalue weighted by Crippen LogP contribution is 2.51. The van der Waals surface area contributed by atoms with E-state index >= 15 is 0 Å². The van der Waals surface area contributed by atoms with Gasteiger partial charge in [-0.05, 0) is 63.6 Å². The molecule has 3 atom stereocenters. The fourth-order valence-corrected chi connectivity index (χ4v) is 4.29. The van der Waals surface area contributed by atoms with E-state index in [9.17, 15) is 0 Å². The number of ether oxygens (including phenoxy) is 1. The average molecular weight is 254 g/mol. The summed E-state index contributed by atoms with van der Waals surface area (Å²) in [5.41, 5.74) is 1.36. The predicted octanol–water partition coefficient (Wildman–Crippen LogP) is 4.15. The van der Waals surface area contributed by atoms with Crippen LogP contribution in [0.5, 0.6) is 0 Å². The summed E-state index contributed by atoms with van der Waals surface area (Å²) in [5.74, 6) is 3.42. The number of allylic oxidation sites excluding steroid dienone is 1. The zero-order chi connectivity index (χ0) is 12.6. The number of hydrogen-bond acceptors (Lipinski definition) is 2. The second-order valence-electron chi connectivity index (χ2n) is 6.67. The van der Waals surface area contributed by atoms with Gasteiger partial charge >= 0.3 is 0 Å². The van der Waals surface area contributed by atoms with Crippen LogP contribution >= 0.6 is 0 Å². The molecular weight excluding hydrogens is 228 g/mol. The smallest absolute Gasteiger partial charge is 0.264 e. The van der Waals surface area contributed by atoms with Crippen molar-refractivity contribution in [3.63, 3.8) is 0 Å². The minimum atomic E-state index is -1.56. The molecule has 2 rings (SSSR count). The Morgan fingerprint density at radius 1 is 1.12 bits per heavy atom. The van der Waals surface area contributed by atoms with Gasteiger partial charge in [0.25, 0.3) is 5.95 Å². The van der Waals surface area contributed by atoms with Gasteiger partial charge in [0.15, 0.2) is 0 Å². The lowest BCUT2D eigenvalue weighted by atomic mass is 9.84. The van der Waals surface area contributed by atoms with Crippen molar-refractivity contribution in [2.45, 2.75) is 52.2 Å². The summed E-state index contributed by atoms with van der Waals surface area (Å²) in [4.78, 5) is 0. The number of fused-ring (bicyclic) bond motifs is 2. The van der Waals surface area contributed by atoms with E-state index in [0.717, 1.165) is 23.7 Å². The van der Waals surface area contributed by atoms with Crippen molar-refractivity contribution in [3.05, 3.63) is 11.5 Å². The molecule has 0 radical (unpaired) electrons. The van der Waals surface area contributed by atoms with Gasteiger partial charge in [-0.1, -0.05) is 6.42 Å². The Morgan fingerprint density at radius 2 is 1.82 bits per heavy atom. The zero-order valence-corrected chi connectivity index (χ0v) is 12.9. The third-order valence-electron chi connectivity index (χ3n) is 4.20. The van der Waals surface area contributed by atoms with Crippen LogP contribution in [0, 0.1) is 17.8 Å². The summed E-state index contributed by atoms with van der Waals surface area (Å²) in [6.45, 7) is 8.84. The van der Waals surface area contributed by atoms with Crippen LogP contribution in [-0.2, 0) is 9.16 Å². The van der Waals surface area contributed by atoms with E-state index in [-0.39, 0.29) is 0 Å². The van der Waals surface area contributed by atoms with Crippen LogP contribution in [0.3, 0.4) is 0 Å². The summed E-state index contributed by atoms with van der Waals surface area (Å²) in [6.07, 6.45) is 5.66. The summed E-state index contributed by atoms with van der Waals surface area (Å²) in [6, 6.07) is 0. The van der Waals surface area contributed by atoms with Gasteiger partial charge in [0, 0.05) is 5.57 Å². The molecule has 2 saturated carbocycles. The Labute approximate surface area is 107 Å². The van der Waals surface area contributed by atoms with E-state index in [2.05, 4.69) is 26.6 Å². The van der Waals surface area contributed by atoms with Crippen molar-refractivity contribution >= 4 is 8.32 Å². The van der Waals surface area contributed by atoms with Crippen LogP contribution in [0.1, 0.15) is 32.6 Å². The predicted molar refractivity (Wildman–Crippen MR) is 73.1 cm³/mol. The number of methoxy groups -OCH3 is 1. The summed E-state index contributed by atoms with van der Waals surface area (Å²) in [7, 11) is 0.183. The molecule has 0 N–H and O–H groups in total. The molecule has 0 heterocycles. The lowest BCUT2D eigenvalue weighted by Gasteiger charge is -2.27. The lowest BCUT2D eigenvalue weighted by Crippen LogP contribution is -2.27. The quantitative estimate of drug-likeness (QED) is 0.554. The molecule has 3 unspecified atom stereocenters. The Morgan fingerprint density at radius 3 is 2.24 bits per heavy atom. The monoisotopic (exact) mass is 254 g/mol. The number of hydrogen-bond donors (Lipinski definition) is 0. The highest BCUT2D eigenvalue weighted by molar-refractivity contribution is 6.70. The Kier molecular flexibility index (Phi) is 3.57. The van der Waals surface area contributed by atoms with Crippen molar-refractivity contribution in [2.75, 3.05) is 7.11 Å². The molecule has 98 valence electrons. The van der Waals surface area contributed by atoms with Crippen molar-refractivity contribution in [3.8, 4) is 0 Å². The van der Waals surface area contributed by atoms with Crippen LogP contribution in [0.25, 0.3) is 0 Å². The summed E-state index contributed by atoms with van der Waals surface area (Å²) in [5, 5.41) is 0. The molecule has 2 bridgehead atoms. The van der Waals surface area contributed by atoms with E-state index in [1.807, 2.05) is 0 Å². The second kappa shape index (κ2) is 4.67. The standard InChI is InChI=1S/C14H26O2Si/c1-10(14(15-2)16-17(3,4)5)13-9-11-6-7-12(13)8-11/h11-13H,6-9H2,1-5H3/b14-10+. The van der Waals surface area contributed by atoms with E-state index < -0.39 is 8.32 Å². The molecule has 2 aliphatic carbocycles. The van der Waals surface area contributed by atoms with Crippen molar-refractivity contribution in [1.82, 2.24) is 0 Å². The van der Waals surface area contributed by atoms with E-state index in [0.29, 0.717) is 0 Å². The van der Waals surface area contributed by atoms with Gasteiger partial charge in [-0.3, -0.25) is 0 Å². The average Bonchev–Trinajstić information content (AvgIpc) is 2.85. The molecule has 0 saturated heterocycles. The Balaban J connectivity index is 2.12. The van der Waals surface area contributed by atoms with Crippen molar-refractivity contribution < 1.29 is 9.16 Å². The maximum Gasteiger partial charge on any atom is 0.264 e. The van der Waals surface area contributed by atoms with Gasteiger partial charge in [-0.2, -0.15) is 0 Å². The molecule has 0 aliphatic heterocycles. The van der Waals surface area contributed by atoms with Crippen molar-refractivity contribution in [2.24, 2.45) is 17.8 Å². The van der Waals surface area contributed by atoms with Crippen LogP contribution in [-0.4, -0.2) is 15.4 Å². The molecular formula is C14H26O2Si. The van der Waals surface area contributed by atoms with Gasteiger partial charge in [-0.15, -0.1) is 0 Å². The molecule has 0 aromatic carbocycles. The van der Waals surface area contributed by atoms with E-state index in [1.165, 1.54) is 31.3 Å². The minimum absolute atomic E-state index is 0.722. The highest BCUT2D eigenvalue weighted by Gasteiger charge is 2.41. The SMILES string of the molecule is CO/C(O[Si](C)(C)C)=C(/C)C1CC2CCC1C2. The molecule has 2 nitrogen and oxygen atoms in total. The third-order valence-corrected chi connectivity index (χ3v) is 5.00. The van der Waals surface area contributed by atoms with E-state index in [4.69, 9.17) is 9.16 Å². The van der Waals surface area contributed by atoms with E-state index in [1.54, 1.807) is 7.11 Å². The molecule has 0 aromatic heterocycles. The van der Waals surface area contributed by atoms with Crippen LogP contribution in [0.2, 0.25) is 19.6 Å². The normalized spacial score (nSPS) is 33.6. The summed E-state index contributed by atoms with van der Waals surface area (Å²) >= 11 is 0. The fourth-order valence-electron chi connectivity index (χ4n) is 3.49. The molecule has 0 amide bonds. The Bertz CT molecular complexity index is 317. The van der Waals surface area contributed by atoms with Crippen LogP contribution in [0.15, 0.2) is 11.5 Å². The van der Waals surface area contributed by atoms with Crippen molar-refractivity contribution in [1.29, 1.82) is 0 Å². The van der Waals surface area contributed by atoms with Gasteiger partial charge in [-0.25, -0.2) is 0 Å². The minimum Gasteiger partial charge on any atom is -0.520 e. The molecule has 0 aromatic rings. The second-order valence-corrected chi connectivity index (χ2v) is 11.1. The zero-order valence-electron chi connectivity index (χ0n) is 11.9. The van der Waals surface area contributed by atoms with Gasteiger partial charge in [0.2, 0.25) is 8.32 Å². The highest BCUT2D eigenvalue weighted by atomic mass is 28.4. The Hall–Kier alpha value is -0.443. The summed E-state index contributed by atoms with van der Waals surface area (Å²) < 4.78 is 11.6. The largest absolute Gasteiger partial charge is 0.520 e. The van der Waals surface area contributed by atoms with Crippen LogP contribution in [0.4, 0.5) is 0 Å². The van der Waals surface area contributed by atoms with Crippen LogP contribution < -0.4 is 0 Å². The maximum atomic E-state index is 6.07. The van der Waals surface area contributed by atoms with Gasteiger partial charge < -0.3 is 9.16 Å². The third kappa shape index (κ3) is 2.87. The molecule has 2 fully saturated rings. The topological polar surface area (TPSA) is 18.5 Å². The first-order chi connectivity index (χ1) is 7.90. The first-order valence-electron chi connectivity index (χ1n) is 6.84. The lowest BCUT2D eigenvalue weighted by molar-refractivity contribution is 0.135. The number of rotatable bonds is 4. The first-order valence-corrected chi connectivity index (χ1v) is 10.3. The molecule has 3 heteroatoms. The van der Waals surface area contributed by atoms with Gasteiger partial charge in [0.05, 0.1) is 7.11 Å².